The molecular formula is C26H32N3O2+. The van der Waals surface area contributed by atoms with Gasteiger partial charge in [0.15, 0.2) is 0 Å². The molecule has 31 heavy (non-hydrogen) atoms. The number of benzene rings is 2. The van der Waals surface area contributed by atoms with E-state index in [-0.39, 0.29) is 5.91 Å². The van der Waals surface area contributed by atoms with Crippen LogP contribution in [0, 0.1) is 0 Å². The molecule has 1 aromatic heterocycles. The number of para-hydroxylation sites is 1. The number of fused-ring (bicyclic) bond motifs is 1. The number of rotatable bonds is 7. The number of aromatic nitrogens is 1. The molecule has 0 bridgehead atoms. The number of carbonyl (C=O) groups excluding carboxylic acids is 1. The van der Waals surface area contributed by atoms with Gasteiger partial charge in [-0.15, -0.1) is 0 Å². The normalized spacial score (nSPS) is 18.6. The van der Waals surface area contributed by atoms with E-state index in [1.807, 2.05) is 61.5 Å². The second-order valence-electron chi connectivity index (χ2n) is 8.34. The smallest absolute Gasteiger partial charge is 0.252 e. The summed E-state index contributed by atoms with van der Waals surface area (Å²) in [5.41, 5.74) is 3.27. The summed E-state index contributed by atoms with van der Waals surface area (Å²) in [6.07, 6.45) is 3.89. The van der Waals surface area contributed by atoms with E-state index in [2.05, 4.69) is 12.2 Å². The third kappa shape index (κ3) is 5.05. The monoisotopic (exact) mass is 418 g/mol. The number of hydrogen-bond acceptors (Lipinski definition) is 3. The molecule has 162 valence electrons. The minimum absolute atomic E-state index is 0.0325. The average Bonchev–Trinajstić information content (AvgIpc) is 2.80. The lowest BCUT2D eigenvalue weighted by atomic mass is 10.0. The zero-order valence-electron chi connectivity index (χ0n) is 18.5. The van der Waals surface area contributed by atoms with Gasteiger partial charge < -0.3 is 15.0 Å². The Hall–Kier alpha value is -2.92. The van der Waals surface area contributed by atoms with Crippen molar-refractivity contribution in [3.05, 3.63) is 60.2 Å². The predicted octanol–water partition coefficient (Wildman–Crippen LogP) is 3.49. The molecule has 1 fully saturated rings. The second-order valence-corrected chi connectivity index (χ2v) is 8.34. The van der Waals surface area contributed by atoms with E-state index in [1.54, 1.807) is 4.90 Å². The van der Waals surface area contributed by atoms with Crippen molar-refractivity contribution < 1.29 is 14.4 Å². The first-order valence-electron chi connectivity index (χ1n) is 11.4. The van der Waals surface area contributed by atoms with E-state index in [1.165, 1.54) is 25.8 Å². The molecule has 3 aromatic rings. The van der Waals surface area contributed by atoms with Crippen LogP contribution in [-0.2, 0) is 0 Å². The highest BCUT2D eigenvalue weighted by Crippen LogP contribution is 2.26. The van der Waals surface area contributed by atoms with Crippen LogP contribution in [0.4, 0.5) is 0 Å². The van der Waals surface area contributed by atoms with Crippen molar-refractivity contribution in [2.24, 2.45) is 0 Å². The Morgan fingerprint density at radius 3 is 2.74 bits per heavy atom. The summed E-state index contributed by atoms with van der Waals surface area (Å²) in [5.74, 6) is 0.800. The Kier molecular flexibility index (Phi) is 6.82. The number of piperidine rings is 1. The molecule has 0 spiro atoms. The number of carbonyl (C=O) groups is 1. The summed E-state index contributed by atoms with van der Waals surface area (Å²) in [6, 6.07) is 18.3. The van der Waals surface area contributed by atoms with Gasteiger partial charge in [-0.2, -0.15) is 0 Å². The van der Waals surface area contributed by atoms with Gasteiger partial charge in [-0.1, -0.05) is 18.2 Å². The van der Waals surface area contributed by atoms with Crippen molar-refractivity contribution in [3.8, 4) is 17.0 Å². The van der Waals surface area contributed by atoms with E-state index >= 15 is 0 Å². The maximum Gasteiger partial charge on any atom is 0.252 e. The molecule has 5 heteroatoms. The van der Waals surface area contributed by atoms with Crippen LogP contribution in [0.25, 0.3) is 22.2 Å². The van der Waals surface area contributed by atoms with Crippen molar-refractivity contribution in [2.75, 3.05) is 26.2 Å². The van der Waals surface area contributed by atoms with Gasteiger partial charge in [-0.05, 0) is 69.5 Å². The highest BCUT2D eigenvalue weighted by Gasteiger charge is 2.21. The molecule has 1 aliphatic heterocycles. The van der Waals surface area contributed by atoms with Crippen LogP contribution >= 0.6 is 0 Å². The van der Waals surface area contributed by atoms with Crippen LogP contribution < -0.4 is 15.0 Å². The van der Waals surface area contributed by atoms with Crippen molar-refractivity contribution in [1.82, 2.24) is 10.3 Å². The quantitative estimate of drug-likeness (QED) is 0.618. The van der Waals surface area contributed by atoms with Crippen LogP contribution in [0.5, 0.6) is 5.75 Å². The largest absolute Gasteiger partial charge is 0.494 e. The zero-order chi connectivity index (χ0) is 21.6. The molecule has 4 rings (SSSR count). The molecule has 2 unspecified atom stereocenters. The maximum absolute atomic E-state index is 13.1. The van der Waals surface area contributed by atoms with Gasteiger partial charge in [-0.3, -0.25) is 4.79 Å². The van der Waals surface area contributed by atoms with Gasteiger partial charge in [0.05, 0.1) is 49.1 Å². The Labute approximate surface area is 184 Å². The SMILES string of the molecule is CCOc1ccc(-c2cc(C(=O)NCC[NH+]3CCCCC3C)c3ccccc3n2)cc1. The van der Waals surface area contributed by atoms with E-state index in [0.717, 1.165) is 34.5 Å². The molecule has 2 atom stereocenters. The molecular weight excluding hydrogens is 386 g/mol. The van der Waals surface area contributed by atoms with Crippen molar-refractivity contribution in [1.29, 1.82) is 0 Å². The predicted molar refractivity (Wildman–Crippen MR) is 125 cm³/mol. The summed E-state index contributed by atoms with van der Waals surface area (Å²) in [5, 5.41) is 4.04. The molecule has 0 radical (unpaired) electrons. The van der Waals surface area contributed by atoms with E-state index in [4.69, 9.17) is 9.72 Å². The number of likely N-dealkylation sites (tertiary alicyclic amines) is 1. The lowest BCUT2D eigenvalue weighted by Crippen LogP contribution is -3.16. The number of amides is 1. The van der Waals surface area contributed by atoms with Crippen LogP contribution in [0.2, 0.25) is 0 Å². The number of quaternary nitrogens is 1. The summed E-state index contributed by atoms with van der Waals surface area (Å²) >= 11 is 0. The van der Waals surface area contributed by atoms with Crippen molar-refractivity contribution >= 4 is 16.8 Å². The second kappa shape index (κ2) is 9.92. The van der Waals surface area contributed by atoms with Gasteiger partial charge in [0.2, 0.25) is 0 Å². The van der Waals surface area contributed by atoms with Crippen LogP contribution in [0.3, 0.4) is 0 Å². The van der Waals surface area contributed by atoms with E-state index in [0.29, 0.717) is 24.8 Å². The molecule has 0 saturated carbocycles. The summed E-state index contributed by atoms with van der Waals surface area (Å²) in [6.45, 7) is 7.79. The van der Waals surface area contributed by atoms with Gasteiger partial charge in [-0.25, -0.2) is 4.98 Å². The number of pyridine rings is 1. The van der Waals surface area contributed by atoms with E-state index in [9.17, 15) is 4.79 Å². The molecule has 2 aromatic carbocycles. The number of ether oxygens (including phenoxy) is 1. The molecule has 0 aliphatic carbocycles. The van der Waals surface area contributed by atoms with Gasteiger partial charge in [0, 0.05) is 10.9 Å². The lowest BCUT2D eigenvalue weighted by molar-refractivity contribution is -0.927. The first-order valence-corrected chi connectivity index (χ1v) is 11.4. The summed E-state index contributed by atoms with van der Waals surface area (Å²) in [4.78, 5) is 19.5. The number of nitrogens with zero attached hydrogens (tertiary/aromatic N) is 1. The highest BCUT2D eigenvalue weighted by atomic mass is 16.5. The van der Waals surface area contributed by atoms with Gasteiger partial charge in [0.1, 0.15) is 5.75 Å². The first kappa shape index (κ1) is 21.3. The molecule has 2 N–H and O–H groups in total. The fourth-order valence-electron chi connectivity index (χ4n) is 4.46. The Morgan fingerprint density at radius 2 is 1.97 bits per heavy atom. The minimum atomic E-state index is -0.0325. The zero-order valence-corrected chi connectivity index (χ0v) is 18.5. The van der Waals surface area contributed by atoms with Crippen LogP contribution in [0.1, 0.15) is 43.5 Å². The van der Waals surface area contributed by atoms with Crippen LogP contribution in [-0.4, -0.2) is 43.2 Å². The van der Waals surface area contributed by atoms with Crippen LogP contribution in [0.15, 0.2) is 54.6 Å². The average molecular weight is 419 g/mol. The third-order valence-corrected chi connectivity index (χ3v) is 6.24. The Morgan fingerprint density at radius 1 is 1.16 bits per heavy atom. The molecule has 1 amide bonds. The summed E-state index contributed by atoms with van der Waals surface area (Å²) in [7, 11) is 0. The molecule has 1 aliphatic rings. The number of hydrogen-bond donors (Lipinski definition) is 2. The van der Waals surface area contributed by atoms with Crippen molar-refractivity contribution in [2.45, 2.75) is 39.2 Å². The molecule has 5 nitrogen and oxygen atoms in total. The van der Waals surface area contributed by atoms with Gasteiger partial charge in [0.25, 0.3) is 5.91 Å². The maximum atomic E-state index is 13.1. The fourth-order valence-corrected chi connectivity index (χ4v) is 4.46. The Balaban J connectivity index is 1.55. The van der Waals surface area contributed by atoms with Crippen molar-refractivity contribution in [3.63, 3.8) is 0 Å². The topological polar surface area (TPSA) is 55.7 Å². The fraction of sp³-hybridized carbons (Fsp3) is 0.385. The summed E-state index contributed by atoms with van der Waals surface area (Å²) < 4.78 is 5.54. The lowest BCUT2D eigenvalue weighted by Gasteiger charge is -2.30. The number of nitrogens with one attached hydrogen (secondary N) is 2. The third-order valence-electron chi connectivity index (χ3n) is 6.24. The van der Waals surface area contributed by atoms with E-state index < -0.39 is 0 Å². The van der Waals surface area contributed by atoms with Gasteiger partial charge >= 0.3 is 0 Å². The first-order chi connectivity index (χ1) is 15.2. The minimum Gasteiger partial charge on any atom is -0.494 e. The standard InChI is InChI=1S/C26H31N3O2/c1-3-31-21-13-11-20(12-14-21)25-18-23(22-9-4-5-10-24(22)28-25)26(30)27-15-17-29-16-7-6-8-19(29)2/h4-5,9-14,18-19H,3,6-8,15-17H2,1-2H3,(H,27,30)/p+1. The highest BCUT2D eigenvalue weighted by molar-refractivity contribution is 6.07. The Bertz CT molecular complexity index is 1030. The molecule has 1 saturated heterocycles. The molecule has 2 heterocycles.